The van der Waals surface area contributed by atoms with Crippen LogP contribution in [0.3, 0.4) is 0 Å². The molecule has 4 saturated carbocycles. The lowest BCUT2D eigenvalue weighted by Crippen LogP contribution is -2.62. The van der Waals surface area contributed by atoms with Crippen LogP contribution in [0.2, 0.25) is 0 Å². The Morgan fingerprint density at radius 1 is 0.932 bits per heavy atom. The van der Waals surface area contributed by atoms with Crippen molar-refractivity contribution in [3.8, 4) is 0 Å². The topological polar surface area (TPSA) is 138 Å². The van der Waals surface area contributed by atoms with Gasteiger partial charge in [0.15, 0.2) is 6.29 Å². The maximum Gasteiger partial charge on any atom is 0.222 e. The van der Waals surface area contributed by atoms with Crippen LogP contribution < -0.4 is 0 Å². The molecular formula is C35H54O9. The van der Waals surface area contributed by atoms with Crippen molar-refractivity contribution in [3.63, 3.8) is 0 Å². The van der Waals surface area contributed by atoms with Crippen molar-refractivity contribution in [2.45, 2.75) is 154 Å². The molecule has 5 aliphatic carbocycles. The summed E-state index contributed by atoms with van der Waals surface area (Å²) < 4.78 is 25.1. The van der Waals surface area contributed by atoms with E-state index in [1.807, 2.05) is 13.8 Å². The second-order valence-electron chi connectivity index (χ2n) is 17.8. The number of aliphatic hydroxyl groups is 5. The van der Waals surface area contributed by atoms with Crippen LogP contribution in [0.5, 0.6) is 0 Å². The molecule has 0 aromatic carbocycles. The monoisotopic (exact) mass is 618 g/mol. The van der Waals surface area contributed by atoms with Crippen molar-refractivity contribution >= 4 is 0 Å². The molecule has 3 saturated heterocycles. The standard InChI is InChI=1S/C35H54O9/c1-17-23-19(43-35(40)26(17)44-30(4,5)28(35)39)14-32(7)21-9-8-20-29(2,3)22(42-27-25(38)24(37)18(36)15-41-27)10-11-33(20)16-34(21,33)13-12-31(23,32)6/h9,17-20,22-28,36-40H,8,10-16H2,1-7H3/t17-,18+,19-,20-,22-,23-,24-,25+,26+,27-,28+,31+,32-,33+,34-,35-/m0/s1. The van der Waals surface area contributed by atoms with E-state index in [0.717, 1.165) is 38.5 Å². The van der Waals surface area contributed by atoms with Crippen LogP contribution in [-0.2, 0) is 18.9 Å². The molecule has 8 aliphatic rings. The van der Waals surface area contributed by atoms with Gasteiger partial charge in [-0.05, 0) is 104 Å². The van der Waals surface area contributed by atoms with Crippen LogP contribution in [-0.4, -0.2) is 92.5 Å². The Morgan fingerprint density at radius 3 is 2.39 bits per heavy atom. The highest BCUT2D eigenvalue weighted by atomic mass is 16.7. The van der Waals surface area contributed by atoms with E-state index in [1.54, 1.807) is 5.57 Å². The third-order valence-corrected chi connectivity index (χ3v) is 15.5. The Morgan fingerprint density at radius 2 is 1.66 bits per heavy atom. The van der Waals surface area contributed by atoms with E-state index in [-0.39, 0.29) is 57.7 Å². The first-order chi connectivity index (χ1) is 20.4. The van der Waals surface area contributed by atoms with Gasteiger partial charge in [-0.2, -0.15) is 0 Å². The van der Waals surface area contributed by atoms with Gasteiger partial charge < -0.3 is 44.5 Å². The average molecular weight is 619 g/mol. The third-order valence-electron chi connectivity index (χ3n) is 15.5. The van der Waals surface area contributed by atoms with Crippen molar-refractivity contribution < 1.29 is 44.5 Å². The Kier molecular flexibility index (Phi) is 6.20. The Balaban J connectivity index is 1.09. The molecule has 0 aromatic rings. The predicted octanol–water partition coefficient (Wildman–Crippen LogP) is 3.04. The molecule has 16 atom stereocenters. The predicted molar refractivity (Wildman–Crippen MR) is 159 cm³/mol. The summed E-state index contributed by atoms with van der Waals surface area (Å²) in [6, 6.07) is 0. The first kappa shape index (κ1) is 30.7. The van der Waals surface area contributed by atoms with E-state index in [2.05, 4.69) is 40.7 Å². The van der Waals surface area contributed by atoms with Crippen molar-refractivity contribution in [2.24, 2.45) is 44.8 Å². The Hall–Kier alpha value is -0.620. The maximum absolute atomic E-state index is 11.7. The summed E-state index contributed by atoms with van der Waals surface area (Å²) in [7, 11) is 0. The molecule has 9 heteroatoms. The van der Waals surface area contributed by atoms with Crippen molar-refractivity contribution in [2.75, 3.05) is 6.61 Å². The van der Waals surface area contributed by atoms with Gasteiger partial charge in [0, 0.05) is 0 Å². The van der Waals surface area contributed by atoms with Crippen LogP contribution in [0.4, 0.5) is 0 Å². The highest BCUT2D eigenvalue weighted by Gasteiger charge is 2.82. The molecule has 7 fully saturated rings. The summed E-state index contributed by atoms with van der Waals surface area (Å²) in [6.45, 7) is 15.3. The number of ether oxygens (including phenoxy) is 4. The minimum Gasteiger partial charge on any atom is -0.388 e. The molecular weight excluding hydrogens is 564 g/mol. The van der Waals surface area contributed by atoms with Gasteiger partial charge in [-0.1, -0.05) is 46.3 Å². The summed E-state index contributed by atoms with van der Waals surface area (Å²) in [6.07, 6.45) is 3.19. The van der Waals surface area contributed by atoms with Crippen LogP contribution >= 0.6 is 0 Å². The summed E-state index contributed by atoms with van der Waals surface area (Å²) in [5, 5.41) is 53.6. The van der Waals surface area contributed by atoms with Gasteiger partial charge >= 0.3 is 0 Å². The Bertz CT molecular complexity index is 1270. The molecule has 5 N–H and O–H groups in total. The van der Waals surface area contributed by atoms with Gasteiger partial charge in [0.25, 0.3) is 0 Å². The Labute approximate surface area is 261 Å². The zero-order chi connectivity index (χ0) is 31.6. The molecule has 0 bridgehead atoms. The van der Waals surface area contributed by atoms with Crippen LogP contribution in [0.1, 0.15) is 93.4 Å². The van der Waals surface area contributed by atoms with Gasteiger partial charge in [0.2, 0.25) is 5.79 Å². The molecule has 0 unspecified atom stereocenters. The summed E-state index contributed by atoms with van der Waals surface area (Å²) in [5.74, 6) is -1.00. The first-order valence-electron chi connectivity index (χ1n) is 17.2. The maximum atomic E-state index is 11.7. The highest BCUT2D eigenvalue weighted by molar-refractivity contribution is 5.46. The lowest BCUT2D eigenvalue weighted by Gasteiger charge is -2.60. The van der Waals surface area contributed by atoms with E-state index in [9.17, 15) is 25.5 Å². The minimum absolute atomic E-state index is 0.0111. The molecule has 44 heavy (non-hydrogen) atoms. The second kappa shape index (κ2) is 8.88. The highest BCUT2D eigenvalue weighted by Crippen LogP contribution is 2.88. The van der Waals surface area contributed by atoms with Crippen molar-refractivity contribution in [3.05, 3.63) is 11.6 Å². The van der Waals surface area contributed by atoms with Gasteiger partial charge in [-0.3, -0.25) is 0 Å². The molecule has 0 amide bonds. The zero-order valence-electron chi connectivity index (χ0n) is 27.5. The number of fused-ring (bicyclic) bond motifs is 5. The van der Waals surface area contributed by atoms with E-state index < -0.39 is 48.2 Å². The summed E-state index contributed by atoms with van der Waals surface area (Å²) in [5.41, 5.74) is 0.859. The largest absolute Gasteiger partial charge is 0.388 e. The lowest BCUT2D eigenvalue weighted by atomic mass is 9.45. The molecule has 3 aliphatic heterocycles. The molecule has 9 nitrogen and oxygen atoms in total. The van der Waals surface area contributed by atoms with Gasteiger partial charge in [-0.25, -0.2) is 0 Å². The number of hydrogen-bond acceptors (Lipinski definition) is 9. The number of rotatable bonds is 2. The molecule has 0 aromatic heterocycles. The summed E-state index contributed by atoms with van der Waals surface area (Å²) in [4.78, 5) is 0. The van der Waals surface area contributed by atoms with Gasteiger partial charge in [0.05, 0.1) is 24.4 Å². The number of allylic oxidation sites excluding steroid dienone is 2. The van der Waals surface area contributed by atoms with Gasteiger partial charge in [0.1, 0.15) is 30.5 Å². The fourth-order valence-electron chi connectivity index (χ4n) is 13.1. The minimum atomic E-state index is -1.69. The quantitative estimate of drug-likeness (QED) is 0.296. The van der Waals surface area contributed by atoms with Crippen molar-refractivity contribution in [1.82, 2.24) is 0 Å². The van der Waals surface area contributed by atoms with E-state index in [4.69, 9.17) is 18.9 Å². The molecule has 248 valence electrons. The van der Waals surface area contributed by atoms with Crippen molar-refractivity contribution in [1.29, 1.82) is 0 Å². The van der Waals surface area contributed by atoms with Crippen LogP contribution in [0.25, 0.3) is 0 Å². The zero-order valence-corrected chi connectivity index (χ0v) is 27.5. The second-order valence-corrected chi connectivity index (χ2v) is 17.8. The fourth-order valence-corrected chi connectivity index (χ4v) is 13.1. The summed E-state index contributed by atoms with van der Waals surface area (Å²) >= 11 is 0. The normalized spacial score (nSPS) is 61.5. The number of hydrogen-bond donors (Lipinski definition) is 5. The smallest absolute Gasteiger partial charge is 0.222 e. The molecule has 3 heterocycles. The van der Waals surface area contributed by atoms with E-state index in [0.29, 0.717) is 5.92 Å². The van der Waals surface area contributed by atoms with E-state index in [1.165, 1.54) is 6.42 Å². The van der Waals surface area contributed by atoms with Crippen LogP contribution in [0.15, 0.2) is 11.6 Å². The molecule has 2 spiro atoms. The molecule has 8 rings (SSSR count). The first-order valence-corrected chi connectivity index (χ1v) is 17.2. The lowest BCUT2D eigenvalue weighted by molar-refractivity contribution is -0.327. The third kappa shape index (κ3) is 3.38. The molecule has 0 radical (unpaired) electrons. The fraction of sp³-hybridized carbons (Fsp3) is 0.943. The SMILES string of the molecule is C[C@H]1[C@H]2[C@H](C[C@@]3(C)C4=CC[C@H]5C(C)(C)[C@@H](O[C@@H]6OC[C@@H](O)[C@H](O)[C@H]6O)CC[C@@]56C[C@@]46CC[C@]23C)O[C@@]2(O)[C@@H]1OC(C)(C)[C@H]2O. The number of aliphatic hydroxyl groups excluding tert-OH is 4. The van der Waals surface area contributed by atoms with Crippen LogP contribution in [0, 0.1) is 44.8 Å². The van der Waals surface area contributed by atoms with Gasteiger partial charge in [-0.15, -0.1) is 0 Å². The van der Waals surface area contributed by atoms with E-state index >= 15 is 0 Å². The average Bonchev–Trinajstić information content (AvgIpc) is 3.49.